The van der Waals surface area contributed by atoms with Crippen LogP contribution in [0, 0.1) is 0 Å². The zero-order chi connectivity index (χ0) is 15.5. The van der Waals surface area contributed by atoms with Crippen LogP contribution in [-0.2, 0) is 15.9 Å². The average Bonchev–Trinajstić information content (AvgIpc) is 2.56. The van der Waals surface area contributed by atoms with Crippen LogP contribution in [0.4, 0.5) is 0 Å². The Hall–Kier alpha value is -1.06. The number of hydrogen-bond donors (Lipinski definition) is 1. The van der Waals surface area contributed by atoms with Gasteiger partial charge in [0.2, 0.25) is 0 Å². The first-order valence-corrected chi connectivity index (χ1v) is 8.86. The van der Waals surface area contributed by atoms with E-state index in [0.29, 0.717) is 5.75 Å². The highest BCUT2D eigenvalue weighted by molar-refractivity contribution is 5.25. The van der Waals surface area contributed by atoms with Gasteiger partial charge in [-0.05, 0) is 56.2 Å². The Kier molecular flexibility index (Phi) is 8.36. The molecule has 1 aromatic rings. The van der Waals surface area contributed by atoms with Crippen molar-refractivity contribution < 1.29 is 14.6 Å². The fourth-order valence-corrected chi connectivity index (χ4v) is 2.86. The van der Waals surface area contributed by atoms with Crippen LogP contribution in [0.25, 0.3) is 0 Å². The van der Waals surface area contributed by atoms with Crippen molar-refractivity contribution in [3.05, 3.63) is 29.8 Å². The van der Waals surface area contributed by atoms with E-state index in [2.05, 4.69) is 0 Å². The number of hydrogen-bond acceptors (Lipinski definition) is 3. The molecule has 1 aliphatic rings. The van der Waals surface area contributed by atoms with Gasteiger partial charge in [-0.3, -0.25) is 0 Å². The lowest BCUT2D eigenvalue weighted by Gasteiger charge is -2.22. The van der Waals surface area contributed by atoms with Gasteiger partial charge in [-0.1, -0.05) is 37.8 Å². The summed E-state index contributed by atoms with van der Waals surface area (Å²) in [6, 6.07) is 7.57. The van der Waals surface area contributed by atoms with Crippen LogP contribution in [0.15, 0.2) is 24.3 Å². The van der Waals surface area contributed by atoms with Gasteiger partial charge in [0.05, 0.1) is 0 Å². The summed E-state index contributed by atoms with van der Waals surface area (Å²) in [5.74, 6) is 0.351. The minimum atomic E-state index is 0.0686. The molecule has 2 rings (SSSR count). The van der Waals surface area contributed by atoms with Gasteiger partial charge in [-0.15, -0.1) is 0 Å². The highest BCUT2D eigenvalue weighted by Crippen LogP contribution is 2.15. The summed E-state index contributed by atoms with van der Waals surface area (Å²) >= 11 is 0. The van der Waals surface area contributed by atoms with Crippen molar-refractivity contribution >= 4 is 0 Å². The van der Waals surface area contributed by atoms with Gasteiger partial charge >= 0.3 is 0 Å². The van der Waals surface area contributed by atoms with Gasteiger partial charge in [-0.25, -0.2) is 0 Å². The maximum atomic E-state index is 9.23. The molecule has 1 aliphatic heterocycles. The third kappa shape index (κ3) is 7.28. The van der Waals surface area contributed by atoms with E-state index < -0.39 is 0 Å². The quantitative estimate of drug-likeness (QED) is 0.630. The Balaban J connectivity index is 1.37. The van der Waals surface area contributed by atoms with Crippen molar-refractivity contribution in [2.24, 2.45) is 0 Å². The summed E-state index contributed by atoms with van der Waals surface area (Å²) in [5, 5.41) is 9.23. The minimum absolute atomic E-state index is 0.0686. The molecule has 3 nitrogen and oxygen atoms in total. The van der Waals surface area contributed by atoms with E-state index >= 15 is 0 Å². The van der Waals surface area contributed by atoms with Crippen LogP contribution in [0.5, 0.6) is 5.75 Å². The van der Waals surface area contributed by atoms with E-state index in [4.69, 9.17) is 9.47 Å². The Bertz CT molecular complexity index is 382. The minimum Gasteiger partial charge on any atom is -0.508 e. The molecule has 1 unspecified atom stereocenters. The first-order chi connectivity index (χ1) is 10.8. The van der Waals surface area contributed by atoms with Crippen LogP contribution >= 0.6 is 0 Å². The maximum absolute atomic E-state index is 9.23. The molecule has 1 aromatic carbocycles. The molecule has 0 aromatic heterocycles. The van der Waals surface area contributed by atoms with Crippen LogP contribution in [0.1, 0.15) is 63.4 Å². The van der Waals surface area contributed by atoms with E-state index in [1.54, 1.807) is 12.1 Å². The molecule has 1 heterocycles. The molecule has 0 aliphatic carbocycles. The molecule has 0 radical (unpaired) electrons. The van der Waals surface area contributed by atoms with Crippen molar-refractivity contribution in [1.29, 1.82) is 0 Å². The number of phenols is 1. The lowest BCUT2D eigenvalue weighted by Crippen LogP contribution is -2.22. The lowest BCUT2D eigenvalue weighted by atomic mass is 10.0. The van der Waals surface area contributed by atoms with E-state index in [1.807, 2.05) is 12.1 Å². The average molecular weight is 306 g/mol. The van der Waals surface area contributed by atoms with Crippen molar-refractivity contribution in [1.82, 2.24) is 0 Å². The zero-order valence-electron chi connectivity index (χ0n) is 13.6. The number of unbranched alkanes of at least 4 members (excludes halogenated alkanes) is 5. The fourth-order valence-electron chi connectivity index (χ4n) is 2.86. The van der Waals surface area contributed by atoms with Gasteiger partial charge in [0, 0.05) is 13.2 Å². The normalized spacial score (nSPS) is 18.5. The molecule has 0 spiro atoms. The van der Waals surface area contributed by atoms with Gasteiger partial charge in [-0.2, -0.15) is 0 Å². The predicted molar refractivity (Wildman–Crippen MR) is 89.1 cm³/mol. The molecule has 1 fully saturated rings. The molecular formula is C19H30O3. The number of rotatable bonds is 10. The molecule has 0 saturated carbocycles. The molecule has 1 saturated heterocycles. The second-order valence-electron chi connectivity index (χ2n) is 6.20. The summed E-state index contributed by atoms with van der Waals surface area (Å²) in [7, 11) is 0. The Labute approximate surface area is 134 Å². The molecule has 22 heavy (non-hydrogen) atoms. The standard InChI is InChI=1S/C19H30O3/c20-18-13-11-17(12-14-18)9-5-3-1-2-4-7-15-21-19-10-6-8-16-22-19/h11-14,19-20H,1-10,15-16H2. The highest BCUT2D eigenvalue weighted by atomic mass is 16.7. The van der Waals surface area contributed by atoms with Gasteiger partial charge in [0.1, 0.15) is 5.75 Å². The third-order valence-electron chi connectivity index (χ3n) is 4.24. The number of aromatic hydroxyl groups is 1. The van der Waals surface area contributed by atoms with Gasteiger partial charge < -0.3 is 14.6 Å². The summed E-state index contributed by atoms with van der Waals surface area (Å²) < 4.78 is 11.3. The Morgan fingerprint density at radius 1 is 0.955 bits per heavy atom. The first-order valence-electron chi connectivity index (χ1n) is 8.86. The summed E-state index contributed by atoms with van der Waals surface area (Å²) in [5.41, 5.74) is 1.32. The van der Waals surface area contributed by atoms with Crippen LogP contribution in [0.3, 0.4) is 0 Å². The van der Waals surface area contributed by atoms with Crippen LogP contribution < -0.4 is 0 Å². The second kappa shape index (κ2) is 10.6. The van der Waals surface area contributed by atoms with Crippen LogP contribution in [0.2, 0.25) is 0 Å². The van der Waals surface area contributed by atoms with E-state index in [1.165, 1.54) is 50.5 Å². The van der Waals surface area contributed by atoms with Crippen molar-refractivity contribution in [3.8, 4) is 5.75 Å². The maximum Gasteiger partial charge on any atom is 0.157 e. The van der Waals surface area contributed by atoms with E-state index in [9.17, 15) is 5.11 Å². The number of benzene rings is 1. The fraction of sp³-hybridized carbons (Fsp3) is 0.684. The summed E-state index contributed by atoms with van der Waals surface area (Å²) in [4.78, 5) is 0. The Morgan fingerprint density at radius 3 is 2.41 bits per heavy atom. The predicted octanol–water partition coefficient (Wildman–Crippen LogP) is 4.82. The first kappa shape index (κ1) is 17.3. The smallest absolute Gasteiger partial charge is 0.157 e. The molecule has 124 valence electrons. The van der Waals surface area contributed by atoms with Gasteiger partial charge in [0.25, 0.3) is 0 Å². The molecule has 0 bridgehead atoms. The zero-order valence-corrected chi connectivity index (χ0v) is 13.6. The Morgan fingerprint density at radius 2 is 1.68 bits per heavy atom. The van der Waals surface area contributed by atoms with Gasteiger partial charge in [0.15, 0.2) is 6.29 Å². The van der Waals surface area contributed by atoms with Crippen LogP contribution in [-0.4, -0.2) is 24.6 Å². The molecule has 1 atom stereocenters. The molecule has 3 heteroatoms. The number of ether oxygens (including phenoxy) is 2. The third-order valence-corrected chi connectivity index (χ3v) is 4.24. The summed E-state index contributed by atoms with van der Waals surface area (Å²) in [6.07, 6.45) is 12.2. The monoisotopic (exact) mass is 306 g/mol. The lowest BCUT2D eigenvalue weighted by molar-refractivity contribution is -0.162. The molecular weight excluding hydrogens is 276 g/mol. The van der Waals surface area contributed by atoms with E-state index in [0.717, 1.165) is 32.5 Å². The topological polar surface area (TPSA) is 38.7 Å². The molecule has 0 amide bonds. The SMILES string of the molecule is Oc1ccc(CCCCCCCCOC2CCCCO2)cc1. The molecule has 1 N–H and O–H groups in total. The second-order valence-corrected chi connectivity index (χ2v) is 6.20. The van der Waals surface area contributed by atoms with Crippen molar-refractivity contribution in [2.45, 2.75) is 70.5 Å². The highest BCUT2D eigenvalue weighted by Gasteiger charge is 2.13. The van der Waals surface area contributed by atoms with E-state index in [-0.39, 0.29) is 6.29 Å². The van der Waals surface area contributed by atoms with Crippen molar-refractivity contribution in [3.63, 3.8) is 0 Å². The number of aryl methyl sites for hydroxylation is 1. The summed E-state index contributed by atoms with van der Waals surface area (Å²) in [6.45, 7) is 1.71. The van der Waals surface area contributed by atoms with Crippen molar-refractivity contribution in [2.75, 3.05) is 13.2 Å². The number of phenolic OH excluding ortho intramolecular Hbond substituents is 1. The largest absolute Gasteiger partial charge is 0.508 e.